The second kappa shape index (κ2) is 13.6. The molecule has 1 aliphatic rings. The Balaban J connectivity index is 2.05. The molecule has 0 radical (unpaired) electrons. The third kappa shape index (κ3) is 8.44. The Morgan fingerprint density at radius 2 is 1.83 bits per heavy atom. The van der Waals surface area contributed by atoms with Crippen LogP contribution >= 0.6 is 0 Å². The van der Waals surface area contributed by atoms with Crippen molar-refractivity contribution in [2.75, 3.05) is 38.2 Å². The number of rotatable bonds is 9. The molecule has 2 aromatic rings. The van der Waals surface area contributed by atoms with Crippen LogP contribution in [0.15, 0.2) is 42.6 Å². The van der Waals surface area contributed by atoms with Gasteiger partial charge in [0.05, 0.1) is 23.8 Å². The van der Waals surface area contributed by atoms with Gasteiger partial charge in [0.25, 0.3) is 0 Å². The molecule has 1 unspecified atom stereocenters. The molecule has 0 bridgehead atoms. The molecule has 2 aromatic carbocycles. The van der Waals surface area contributed by atoms with Crippen molar-refractivity contribution in [2.45, 2.75) is 44.8 Å². The molecule has 0 aliphatic carbocycles. The number of alkyl halides is 6. The van der Waals surface area contributed by atoms with E-state index in [1.807, 2.05) is 7.05 Å². The second-order valence-electron chi connectivity index (χ2n) is 9.95. The smallest absolute Gasteiger partial charge is 0.409 e. The number of carbonyl (C=O) groups excluding carboxylic acids is 1. The standard InChI is InChI=1S/C28H31F7N4O3/c1-17(2)39(21-6-4-20(29)5-7-21)26(40)42-25-23(12-19(27(30,31)32)13-24(25)28(33,34)35)18(14-36)15-37-9-8-22-16-38(3)10-11-41-22/h4-7,12-15,17,22,36-37H,8-11,16H2,1-3H3/b18-15+,36-14?. The van der Waals surface area contributed by atoms with Crippen LogP contribution in [0.4, 0.5) is 41.2 Å². The van der Waals surface area contributed by atoms with Gasteiger partial charge in [-0.2, -0.15) is 26.3 Å². The summed E-state index contributed by atoms with van der Waals surface area (Å²) in [5.74, 6) is -1.84. The number of carbonyl (C=O) groups is 1. The Hall–Kier alpha value is -3.65. The number of nitrogens with zero attached hydrogens (tertiary/aromatic N) is 2. The van der Waals surface area contributed by atoms with Gasteiger partial charge in [0.2, 0.25) is 0 Å². The topological polar surface area (TPSA) is 77.9 Å². The summed E-state index contributed by atoms with van der Waals surface area (Å²) in [5.41, 5.74) is -4.58. The highest BCUT2D eigenvalue weighted by atomic mass is 19.4. The van der Waals surface area contributed by atoms with E-state index in [9.17, 15) is 35.5 Å². The van der Waals surface area contributed by atoms with Crippen molar-refractivity contribution in [3.63, 3.8) is 0 Å². The first-order valence-corrected chi connectivity index (χ1v) is 13.0. The molecule has 0 aromatic heterocycles. The quantitative estimate of drug-likeness (QED) is 0.192. The SMILES string of the molecule is CC(C)N(C(=O)Oc1c(/C(C=N)=C/NCCC2CN(C)CCO2)cc(C(F)(F)F)cc1C(F)(F)F)c1ccc(F)cc1. The van der Waals surface area contributed by atoms with Gasteiger partial charge in [-0.3, -0.25) is 4.90 Å². The zero-order chi connectivity index (χ0) is 31.2. The molecule has 1 aliphatic heterocycles. The number of anilines is 1. The van der Waals surface area contributed by atoms with Gasteiger partial charge >= 0.3 is 18.4 Å². The van der Waals surface area contributed by atoms with Gasteiger partial charge in [-0.1, -0.05) is 0 Å². The summed E-state index contributed by atoms with van der Waals surface area (Å²) in [6, 6.07) is 4.02. The summed E-state index contributed by atoms with van der Waals surface area (Å²) in [4.78, 5) is 16.2. The third-order valence-electron chi connectivity index (χ3n) is 6.41. The number of hydrogen-bond donors (Lipinski definition) is 2. The van der Waals surface area contributed by atoms with Crippen molar-refractivity contribution in [1.29, 1.82) is 5.41 Å². The number of morpholine rings is 1. The van der Waals surface area contributed by atoms with E-state index in [1.165, 1.54) is 26.0 Å². The Bertz CT molecular complexity index is 1280. The van der Waals surface area contributed by atoms with Crippen molar-refractivity contribution in [1.82, 2.24) is 10.2 Å². The molecule has 42 heavy (non-hydrogen) atoms. The van der Waals surface area contributed by atoms with Crippen molar-refractivity contribution in [3.05, 3.63) is 65.1 Å². The van der Waals surface area contributed by atoms with Crippen LogP contribution in [0, 0.1) is 11.2 Å². The maximum Gasteiger partial charge on any atom is 0.420 e. The molecular formula is C28H31F7N4O3. The van der Waals surface area contributed by atoms with E-state index in [0.717, 1.165) is 29.8 Å². The molecule has 7 nitrogen and oxygen atoms in total. The van der Waals surface area contributed by atoms with Crippen LogP contribution in [0.1, 0.15) is 37.0 Å². The molecule has 230 valence electrons. The van der Waals surface area contributed by atoms with E-state index in [4.69, 9.17) is 14.9 Å². The Morgan fingerprint density at radius 1 is 1.17 bits per heavy atom. The Kier molecular flexibility index (Phi) is 10.6. The average Bonchev–Trinajstić information content (AvgIpc) is 2.89. The third-order valence-corrected chi connectivity index (χ3v) is 6.41. The number of allylic oxidation sites excluding steroid dienone is 1. The van der Waals surface area contributed by atoms with E-state index in [2.05, 4.69) is 10.2 Å². The summed E-state index contributed by atoms with van der Waals surface area (Å²) >= 11 is 0. The first-order valence-electron chi connectivity index (χ1n) is 13.0. The molecule has 1 atom stereocenters. The van der Waals surface area contributed by atoms with Crippen molar-refractivity contribution in [3.8, 4) is 5.75 Å². The van der Waals surface area contributed by atoms with Crippen molar-refractivity contribution >= 4 is 23.6 Å². The minimum Gasteiger partial charge on any atom is -0.409 e. The average molecular weight is 605 g/mol. The number of likely N-dealkylation sites (N-methyl/N-ethyl adjacent to an activating group) is 1. The summed E-state index contributed by atoms with van der Waals surface area (Å²) in [7, 11) is 1.92. The highest BCUT2D eigenvalue weighted by Gasteiger charge is 2.42. The van der Waals surface area contributed by atoms with Crippen LogP contribution in [-0.2, 0) is 17.1 Å². The first-order chi connectivity index (χ1) is 19.6. The monoisotopic (exact) mass is 604 g/mol. The maximum atomic E-state index is 14.2. The fraction of sp³-hybridized carbons (Fsp3) is 0.429. The Morgan fingerprint density at radius 3 is 2.38 bits per heavy atom. The van der Waals surface area contributed by atoms with Crippen LogP contribution in [0.2, 0.25) is 0 Å². The van der Waals surface area contributed by atoms with Crippen LogP contribution in [0.3, 0.4) is 0 Å². The minimum absolute atomic E-state index is 0.0819. The van der Waals surface area contributed by atoms with Gasteiger partial charge in [0, 0.05) is 54.9 Å². The molecule has 0 saturated carbocycles. The number of halogens is 7. The predicted octanol–water partition coefficient (Wildman–Crippen LogP) is 6.58. The highest BCUT2D eigenvalue weighted by Crippen LogP contribution is 2.44. The van der Waals surface area contributed by atoms with Gasteiger partial charge in [-0.25, -0.2) is 9.18 Å². The molecule has 14 heteroatoms. The van der Waals surface area contributed by atoms with E-state index >= 15 is 0 Å². The zero-order valence-corrected chi connectivity index (χ0v) is 23.1. The van der Waals surface area contributed by atoms with Crippen LogP contribution < -0.4 is 15.0 Å². The van der Waals surface area contributed by atoms with E-state index < -0.39 is 58.3 Å². The van der Waals surface area contributed by atoms with Gasteiger partial charge in [0.15, 0.2) is 5.75 Å². The lowest BCUT2D eigenvalue weighted by Crippen LogP contribution is -2.40. The van der Waals surface area contributed by atoms with Crippen molar-refractivity contribution < 1.29 is 45.0 Å². The molecule has 1 amide bonds. The molecular weight excluding hydrogens is 573 g/mol. The normalized spacial score (nSPS) is 16.8. The van der Waals surface area contributed by atoms with Crippen LogP contribution in [-0.4, -0.2) is 62.6 Å². The lowest BCUT2D eigenvalue weighted by atomic mass is 9.98. The van der Waals surface area contributed by atoms with Crippen molar-refractivity contribution in [2.24, 2.45) is 0 Å². The fourth-order valence-electron chi connectivity index (χ4n) is 4.35. The number of ether oxygens (including phenoxy) is 2. The summed E-state index contributed by atoms with van der Waals surface area (Å²) < 4.78 is 108. The lowest BCUT2D eigenvalue weighted by Gasteiger charge is -2.30. The van der Waals surface area contributed by atoms with E-state index in [-0.39, 0.29) is 24.4 Å². The first kappa shape index (κ1) is 32.9. The predicted molar refractivity (Wildman–Crippen MR) is 143 cm³/mol. The largest absolute Gasteiger partial charge is 0.420 e. The maximum absolute atomic E-state index is 14.2. The van der Waals surface area contributed by atoms with Crippen LogP contribution in [0.25, 0.3) is 5.57 Å². The molecule has 3 rings (SSSR count). The summed E-state index contributed by atoms with van der Waals surface area (Å²) in [6.45, 7) is 5.20. The molecule has 0 spiro atoms. The van der Waals surface area contributed by atoms with Gasteiger partial charge < -0.3 is 25.1 Å². The lowest BCUT2D eigenvalue weighted by molar-refractivity contribution is -0.143. The van der Waals surface area contributed by atoms with E-state index in [0.29, 0.717) is 31.9 Å². The van der Waals surface area contributed by atoms with Gasteiger partial charge in [-0.15, -0.1) is 0 Å². The molecule has 1 fully saturated rings. The van der Waals surface area contributed by atoms with Crippen LogP contribution in [0.5, 0.6) is 5.75 Å². The number of benzene rings is 2. The van der Waals surface area contributed by atoms with Gasteiger partial charge in [-0.05, 0) is 63.7 Å². The number of amides is 1. The number of hydrogen-bond acceptors (Lipinski definition) is 6. The highest BCUT2D eigenvalue weighted by molar-refractivity contribution is 6.10. The van der Waals surface area contributed by atoms with Gasteiger partial charge in [0.1, 0.15) is 5.82 Å². The second-order valence-corrected chi connectivity index (χ2v) is 9.95. The minimum atomic E-state index is -5.37. The summed E-state index contributed by atoms with van der Waals surface area (Å²) in [6.07, 6.45) is -9.90. The zero-order valence-electron chi connectivity index (χ0n) is 23.1. The number of nitrogens with one attached hydrogen (secondary N) is 2. The fourth-order valence-corrected chi connectivity index (χ4v) is 4.35. The Labute approximate surface area is 238 Å². The molecule has 1 heterocycles. The molecule has 1 saturated heterocycles. The molecule has 2 N–H and O–H groups in total. The van der Waals surface area contributed by atoms with E-state index in [1.54, 1.807) is 0 Å². The summed E-state index contributed by atoms with van der Waals surface area (Å²) in [5, 5.41) is 10.6.